The van der Waals surface area contributed by atoms with Crippen LogP contribution in [0, 0.1) is 0 Å². The van der Waals surface area contributed by atoms with Gasteiger partial charge < -0.3 is 21.8 Å². The van der Waals surface area contributed by atoms with Gasteiger partial charge in [-0.15, -0.1) is 11.3 Å². The molecule has 0 saturated heterocycles. The second kappa shape index (κ2) is 7.24. The molecule has 26 heavy (non-hydrogen) atoms. The van der Waals surface area contributed by atoms with E-state index in [1.807, 2.05) is 0 Å². The molecular weight excluding hydrogens is 358 g/mol. The van der Waals surface area contributed by atoms with Crippen LogP contribution >= 0.6 is 11.3 Å². The molecule has 10 heteroatoms. The van der Waals surface area contributed by atoms with E-state index in [2.05, 4.69) is 15.3 Å². The van der Waals surface area contributed by atoms with Crippen molar-refractivity contribution in [2.24, 2.45) is 11.5 Å². The van der Waals surface area contributed by atoms with Crippen molar-refractivity contribution in [3.63, 3.8) is 0 Å². The zero-order chi connectivity index (χ0) is 18.8. The molecule has 2 aromatic heterocycles. The first-order valence-corrected chi connectivity index (χ1v) is 9.10. The SMILES string of the molecule is NC(=O)C(NC(=O)CCc1nc2sc3c(c2c(=O)[nH]1)CCCC3)C(N)=O. The molecule has 138 valence electrons. The van der Waals surface area contributed by atoms with Crippen LogP contribution in [0.3, 0.4) is 0 Å². The van der Waals surface area contributed by atoms with Crippen molar-refractivity contribution in [1.29, 1.82) is 0 Å². The maximum absolute atomic E-state index is 12.4. The normalized spacial score (nSPS) is 13.6. The Hall–Kier alpha value is -2.75. The molecule has 3 rings (SSSR count). The molecular formula is C16H19N5O4S. The molecule has 2 aromatic rings. The quantitative estimate of drug-likeness (QED) is 0.486. The van der Waals surface area contributed by atoms with Crippen LogP contribution in [0.25, 0.3) is 10.2 Å². The number of fused-ring (bicyclic) bond motifs is 3. The topological polar surface area (TPSA) is 161 Å². The number of nitrogens with two attached hydrogens (primary N) is 2. The second-order valence-electron chi connectivity index (χ2n) is 6.21. The largest absolute Gasteiger partial charge is 0.367 e. The van der Waals surface area contributed by atoms with Crippen LogP contribution in [0.4, 0.5) is 0 Å². The molecule has 0 bridgehead atoms. The van der Waals surface area contributed by atoms with E-state index in [1.165, 1.54) is 16.2 Å². The van der Waals surface area contributed by atoms with Crippen LogP contribution in [-0.4, -0.2) is 33.7 Å². The number of carbonyl (C=O) groups excluding carboxylic acids is 3. The summed E-state index contributed by atoms with van der Waals surface area (Å²) in [6, 6.07) is -1.55. The van der Waals surface area contributed by atoms with Crippen molar-refractivity contribution in [1.82, 2.24) is 15.3 Å². The zero-order valence-corrected chi connectivity index (χ0v) is 14.8. The standard InChI is InChI=1S/C16H19N5O4S/c17-13(23)12(14(18)24)21-10(22)6-5-9-19-15(25)11-7-3-1-2-4-8(7)26-16(11)20-9/h12H,1-6H2,(H2,17,23)(H2,18,24)(H,21,22)(H,19,20,25). The molecule has 0 aliphatic heterocycles. The van der Waals surface area contributed by atoms with Gasteiger partial charge in [0.1, 0.15) is 10.7 Å². The van der Waals surface area contributed by atoms with Gasteiger partial charge in [0.25, 0.3) is 5.56 Å². The van der Waals surface area contributed by atoms with E-state index in [0.29, 0.717) is 16.0 Å². The molecule has 0 unspecified atom stereocenters. The Morgan fingerprint density at radius 1 is 1.19 bits per heavy atom. The number of aryl methyl sites for hydroxylation is 3. The van der Waals surface area contributed by atoms with Crippen molar-refractivity contribution in [2.75, 3.05) is 0 Å². The molecule has 0 aromatic carbocycles. The van der Waals surface area contributed by atoms with Gasteiger partial charge in [0.15, 0.2) is 6.04 Å². The summed E-state index contributed by atoms with van der Waals surface area (Å²) in [5, 5.41) is 2.83. The number of rotatable bonds is 6. The lowest BCUT2D eigenvalue weighted by Crippen LogP contribution is -2.52. The predicted octanol–water partition coefficient (Wildman–Crippen LogP) is -0.749. The summed E-state index contributed by atoms with van der Waals surface area (Å²) in [6.07, 6.45) is 4.13. The number of hydrogen-bond acceptors (Lipinski definition) is 6. The van der Waals surface area contributed by atoms with E-state index in [0.717, 1.165) is 31.2 Å². The summed E-state index contributed by atoms with van der Waals surface area (Å²) in [6.45, 7) is 0. The summed E-state index contributed by atoms with van der Waals surface area (Å²) in [7, 11) is 0. The number of aromatic nitrogens is 2. The Labute approximate surface area is 152 Å². The first-order chi connectivity index (χ1) is 12.4. The minimum Gasteiger partial charge on any atom is -0.367 e. The average Bonchev–Trinajstić information content (AvgIpc) is 2.96. The Bertz CT molecular complexity index is 934. The number of carbonyl (C=O) groups is 3. The lowest BCUT2D eigenvalue weighted by atomic mass is 9.97. The van der Waals surface area contributed by atoms with Crippen LogP contribution in [-0.2, 0) is 33.6 Å². The second-order valence-corrected chi connectivity index (χ2v) is 7.29. The molecule has 9 nitrogen and oxygen atoms in total. The first-order valence-electron chi connectivity index (χ1n) is 8.28. The van der Waals surface area contributed by atoms with Gasteiger partial charge in [0, 0.05) is 17.7 Å². The Kier molecular flexibility index (Phi) is 5.03. The fourth-order valence-corrected chi connectivity index (χ4v) is 4.36. The summed E-state index contributed by atoms with van der Waals surface area (Å²) in [4.78, 5) is 55.6. The van der Waals surface area contributed by atoms with Crippen LogP contribution in [0.5, 0.6) is 0 Å². The van der Waals surface area contributed by atoms with E-state index in [9.17, 15) is 19.2 Å². The lowest BCUT2D eigenvalue weighted by molar-refractivity contribution is -0.133. The molecule has 1 aliphatic carbocycles. The van der Waals surface area contributed by atoms with Gasteiger partial charge in [-0.1, -0.05) is 0 Å². The van der Waals surface area contributed by atoms with Crippen LogP contribution < -0.4 is 22.3 Å². The van der Waals surface area contributed by atoms with Gasteiger partial charge in [-0.05, 0) is 31.2 Å². The number of nitrogens with zero attached hydrogens (tertiary/aromatic N) is 1. The predicted molar refractivity (Wildman–Crippen MR) is 95.5 cm³/mol. The highest BCUT2D eigenvalue weighted by atomic mass is 32.1. The van der Waals surface area contributed by atoms with Gasteiger partial charge in [-0.2, -0.15) is 0 Å². The molecule has 0 atom stereocenters. The Morgan fingerprint density at radius 2 is 1.88 bits per heavy atom. The molecule has 1 aliphatic rings. The van der Waals surface area contributed by atoms with Crippen LogP contribution in [0.2, 0.25) is 0 Å². The fourth-order valence-electron chi connectivity index (χ4n) is 3.07. The number of amides is 3. The van der Waals surface area contributed by atoms with E-state index in [-0.39, 0.29) is 18.4 Å². The Morgan fingerprint density at radius 3 is 2.58 bits per heavy atom. The van der Waals surface area contributed by atoms with E-state index in [4.69, 9.17) is 11.5 Å². The van der Waals surface area contributed by atoms with Crippen molar-refractivity contribution >= 4 is 39.3 Å². The maximum Gasteiger partial charge on any atom is 0.259 e. The number of aromatic amines is 1. The third-order valence-corrected chi connectivity index (χ3v) is 5.52. The van der Waals surface area contributed by atoms with E-state index >= 15 is 0 Å². The zero-order valence-electron chi connectivity index (χ0n) is 14.0. The molecule has 0 fully saturated rings. The van der Waals surface area contributed by atoms with Gasteiger partial charge in [-0.3, -0.25) is 19.2 Å². The van der Waals surface area contributed by atoms with Gasteiger partial charge in [-0.25, -0.2) is 4.98 Å². The summed E-state index contributed by atoms with van der Waals surface area (Å²) in [5.74, 6) is -2.25. The van der Waals surface area contributed by atoms with Crippen molar-refractivity contribution in [3.8, 4) is 0 Å². The Balaban J connectivity index is 1.73. The number of primary amides is 2. The fraction of sp³-hybridized carbons (Fsp3) is 0.438. The minimum absolute atomic E-state index is 0.0728. The highest BCUT2D eigenvalue weighted by Crippen LogP contribution is 2.33. The van der Waals surface area contributed by atoms with Gasteiger partial charge in [0.05, 0.1) is 5.39 Å². The minimum atomic E-state index is -1.55. The monoisotopic (exact) mass is 377 g/mol. The first kappa shape index (κ1) is 18.1. The van der Waals surface area contributed by atoms with Crippen molar-refractivity contribution < 1.29 is 14.4 Å². The van der Waals surface area contributed by atoms with Crippen molar-refractivity contribution in [3.05, 3.63) is 26.6 Å². The van der Waals surface area contributed by atoms with Gasteiger partial charge >= 0.3 is 0 Å². The number of hydrogen-bond donors (Lipinski definition) is 4. The molecule has 0 spiro atoms. The molecule has 2 heterocycles. The molecule has 0 saturated carbocycles. The summed E-state index contributed by atoms with van der Waals surface area (Å²) < 4.78 is 0. The van der Waals surface area contributed by atoms with Crippen LogP contribution in [0.1, 0.15) is 35.5 Å². The summed E-state index contributed by atoms with van der Waals surface area (Å²) >= 11 is 1.53. The third kappa shape index (κ3) is 3.59. The average molecular weight is 377 g/mol. The smallest absolute Gasteiger partial charge is 0.259 e. The highest BCUT2D eigenvalue weighted by molar-refractivity contribution is 7.18. The van der Waals surface area contributed by atoms with E-state index in [1.54, 1.807) is 0 Å². The molecule has 0 radical (unpaired) electrons. The van der Waals surface area contributed by atoms with Crippen LogP contribution in [0.15, 0.2) is 4.79 Å². The van der Waals surface area contributed by atoms with Crippen molar-refractivity contribution in [2.45, 2.75) is 44.6 Å². The van der Waals surface area contributed by atoms with Gasteiger partial charge in [0.2, 0.25) is 17.7 Å². The highest BCUT2D eigenvalue weighted by Gasteiger charge is 2.24. The maximum atomic E-state index is 12.4. The van der Waals surface area contributed by atoms with E-state index < -0.39 is 23.8 Å². The number of nitrogens with one attached hydrogen (secondary N) is 2. The number of H-pyrrole nitrogens is 1. The number of thiophene rings is 1. The third-order valence-electron chi connectivity index (χ3n) is 4.34. The molecule has 3 amide bonds. The molecule has 6 N–H and O–H groups in total. The summed E-state index contributed by atoms with van der Waals surface area (Å²) in [5.41, 5.74) is 10.9. The lowest BCUT2D eigenvalue weighted by Gasteiger charge is -2.11.